The summed E-state index contributed by atoms with van der Waals surface area (Å²) < 4.78 is 2.11. The highest BCUT2D eigenvalue weighted by molar-refractivity contribution is 6.45. The van der Waals surface area contributed by atoms with E-state index < -0.39 is 0 Å². The van der Waals surface area contributed by atoms with E-state index in [2.05, 4.69) is 27.0 Å². The van der Waals surface area contributed by atoms with Crippen LogP contribution >= 0.6 is 0 Å². The third-order valence-corrected chi connectivity index (χ3v) is 2.91. The Morgan fingerprint density at radius 1 is 1.60 bits per heavy atom. The average Bonchev–Trinajstić information content (AvgIpc) is 2.73. The molecule has 0 aliphatic heterocycles. The van der Waals surface area contributed by atoms with Gasteiger partial charge in [-0.2, -0.15) is 10.4 Å². The molecule has 1 aromatic heterocycles. The standard InChI is InChI=1S/C13H15N7/c1-3-20-8(2)17-10-6-9(4-5-12(10)20)18-19-11(7-14)13(15)16/h4-6,18H,3H2,1-2H3,(H3,15,16)/b19-11+. The molecule has 4 N–H and O–H groups in total. The van der Waals surface area contributed by atoms with E-state index in [0.29, 0.717) is 5.69 Å². The highest BCUT2D eigenvalue weighted by atomic mass is 15.3. The van der Waals surface area contributed by atoms with Crippen molar-refractivity contribution in [2.75, 3.05) is 5.43 Å². The Morgan fingerprint density at radius 2 is 2.35 bits per heavy atom. The molecule has 0 saturated carbocycles. The summed E-state index contributed by atoms with van der Waals surface area (Å²) in [4.78, 5) is 4.47. The molecule has 0 bridgehead atoms. The van der Waals surface area contributed by atoms with Gasteiger partial charge in [0.25, 0.3) is 0 Å². The van der Waals surface area contributed by atoms with Gasteiger partial charge in [-0.15, -0.1) is 0 Å². The number of aromatic nitrogens is 2. The zero-order valence-corrected chi connectivity index (χ0v) is 11.3. The first-order chi connectivity index (χ1) is 9.56. The molecule has 2 rings (SSSR count). The second-order valence-electron chi connectivity index (χ2n) is 4.20. The third-order valence-electron chi connectivity index (χ3n) is 2.91. The maximum atomic E-state index is 8.76. The van der Waals surface area contributed by atoms with Gasteiger partial charge in [0.05, 0.1) is 16.7 Å². The van der Waals surface area contributed by atoms with Gasteiger partial charge in [0.15, 0.2) is 5.84 Å². The molecule has 0 aliphatic rings. The van der Waals surface area contributed by atoms with E-state index in [4.69, 9.17) is 16.4 Å². The number of nitrogens with two attached hydrogens (primary N) is 1. The fourth-order valence-corrected chi connectivity index (χ4v) is 1.98. The maximum absolute atomic E-state index is 8.76. The molecule has 7 heteroatoms. The molecule has 0 amide bonds. The van der Waals surface area contributed by atoms with E-state index in [-0.39, 0.29) is 11.5 Å². The van der Waals surface area contributed by atoms with Crippen molar-refractivity contribution in [1.29, 1.82) is 10.7 Å². The Morgan fingerprint density at radius 3 is 2.95 bits per heavy atom. The van der Waals surface area contributed by atoms with Crippen LogP contribution in [0.4, 0.5) is 5.69 Å². The molecular weight excluding hydrogens is 254 g/mol. The van der Waals surface area contributed by atoms with E-state index in [1.807, 2.05) is 25.1 Å². The Hall–Kier alpha value is -2.88. The van der Waals surface area contributed by atoms with Gasteiger partial charge >= 0.3 is 0 Å². The van der Waals surface area contributed by atoms with Crippen molar-refractivity contribution in [3.05, 3.63) is 24.0 Å². The number of benzene rings is 1. The minimum Gasteiger partial charge on any atom is -0.382 e. The van der Waals surface area contributed by atoms with E-state index in [0.717, 1.165) is 23.4 Å². The van der Waals surface area contributed by atoms with Crippen LogP contribution < -0.4 is 11.2 Å². The van der Waals surface area contributed by atoms with Crippen molar-refractivity contribution in [1.82, 2.24) is 9.55 Å². The SMILES string of the molecule is CCn1c(C)nc2cc(N/N=C(\C#N)C(=N)N)ccc21. The van der Waals surface area contributed by atoms with Crippen molar-refractivity contribution >= 4 is 28.3 Å². The number of nitrogens with one attached hydrogen (secondary N) is 2. The molecular formula is C13H15N7. The van der Waals surface area contributed by atoms with Gasteiger partial charge in [-0.25, -0.2) is 4.98 Å². The molecule has 0 fully saturated rings. The summed E-state index contributed by atoms with van der Waals surface area (Å²) in [7, 11) is 0. The fraction of sp³-hybridized carbons (Fsp3) is 0.231. The lowest BCUT2D eigenvalue weighted by atomic mass is 10.3. The Labute approximate surface area is 116 Å². The number of nitrogens with zero attached hydrogens (tertiary/aromatic N) is 4. The van der Waals surface area contributed by atoms with Gasteiger partial charge in [-0.1, -0.05) is 0 Å². The lowest BCUT2D eigenvalue weighted by Gasteiger charge is -2.03. The van der Waals surface area contributed by atoms with Gasteiger partial charge in [0.1, 0.15) is 11.9 Å². The molecule has 0 aliphatic carbocycles. The summed E-state index contributed by atoms with van der Waals surface area (Å²) in [6, 6.07) is 7.37. The molecule has 20 heavy (non-hydrogen) atoms. The van der Waals surface area contributed by atoms with E-state index in [1.165, 1.54) is 0 Å². The number of imidazole rings is 1. The largest absolute Gasteiger partial charge is 0.382 e. The van der Waals surface area contributed by atoms with Gasteiger partial charge in [-0.3, -0.25) is 10.8 Å². The topological polar surface area (TPSA) is 116 Å². The van der Waals surface area contributed by atoms with E-state index >= 15 is 0 Å². The summed E-state index contributed by atoms with van der Waals surface area (Å²) in [5.74, 6) is 0.580. The fourth-order valence-electron chi connectivity index (χ4n) is 1.98. The predicted molar refractivity (Wildman–Crippen MR) is 78.7 cm³/mol. The van der Waals surface area contributed by atoms with Crippen LogP contribution in [0, 0.1) is 23.7 Å². The van der Waals surface area contributed by atoms with Crippen LogP contribution in [0.3, 0.4) is 0 Å². The van der Waals surface area contributed by atoms with Crippen LogP contribution in [0.5, 0.6) is 0 Å². The van der Waals surface area contributed by atoms with Crippen molar-refractivity contribution in [3.8, 4) is 6.07 Å². The van der Waals surface area contributed by atoms with Crippen LogP contribution in [0.15, 0.2) is 23.3 Å². The maximum Gasteiger partial charge on any atom is 0.201 e. The molecule has 102 valence electrons. The van der Waals surface area contributed by atoms with E-state index in [1.54, 1.807) is 6.07 Å². The summed E-state index contributed by atoms with van der Waals surface area (Å²) in [5, 5.41) is 19.7. The number of hydrogen-bond donors (Lipinski definition) is 3. The van der Waals surface area contributed by atoms with Crippen molar-refractivity contribution in [2.24, 2.45) is 10.8 Å². The highest BCUT2D eigenvalue weighted by Gasteiger charge is 2.06. The number of rotatable bonds is 4. The van der Waals surface area contributed by atoms with Gasteiger partial charge < -0.3 is 10.3 Å². The quantitative estimate of drug-likeness (QED) is 0.444. The number of aryl methyl sites for hydroxylation is 2. The summed E-state index contributed by atoms with van der Waals surface area (Å²) in [6.45, 7) is 4.88. The first kappa shape index (κ1) is 13.5. The smallest absolute Gasteiger partial charge is 0.201 e. The van der Waals surface area contributed by atoms with Crippen LogP contribution in [0.1, 0.15) is 12.7 Å². The van der Waals surface area contributed by atoms with Crippen LogP contribution in [-0.4, -0.2) is 21.1 Å². The molecule has 7 nitrogen and oxygen atoms in total. The summed E-state index contributed by atoms with van der Waals surface area (Å²) in [6.07, 6.45) is 0. The molecule has 2 aromatic rings. The number of fused-ring (bicyclic) bond motifs is 1. The minimum atomic E-state index is -0.368. The number of amidine groups is 1. The molecule has 0 radical (unpaired) electrons. The number of anilines is 1. The third kappa shape index (κ3) is 2.44. The van der Waals surface area contributed by atoms with Gasteiger partial charge in [-0.05, 0) is 32.0 Å². The van der Waals surface area contributed by atoms with Crippen LogP contribution in [0.25, 0.3) is 11.0 Å². The number of hydrazone groups is 1. The average molecular weight is 269 g/mol. The van der Waals surface area contributed by atoms with Crippen molar-refractivity contribution in [2.45, 2.75) is 20.4 Å². The monoisotopic (exact) mass is 269 g/mol. The summed E-state index contributed by atoms with van der Waals surface area (Å²) >= 11 is 0. The Kier molecular flexibility index (Phi) is 3.66. The van der Waals surface area contributed by atoms with Gasteiger partial charge in [0.2, 0.25) is 5.71 Å². The molecule has 0 unspecified atom stereocenters. The number of nitriles is 1. The lowest BCUT2D eigenvalue weighted by Crippen LogP contribution is -2.21. The molecule has 1 heterocycles. The molecule has 0 spiro atoms. The Bertz CT molecular complexity index is 733. The van der Waals surface area contributed by atoms with Crippen LogP contribution in [-0.2, 0) is 6.54 Å². The summed E-state index contributed by atoms with van der Waals surface area (Å²) in [5.41, 5.74) is 10.4. The van der Waals surface area contributed by atoms with E-state index in [9.17, 15) is 0 Å². The number of hydrogen-bond acceptors (Lipinski definition) is 5. The van der Waals surface area contributed by atoms with Crippen molar-refractivity contribution in [3.63, 3.8) is 0 Å². The first-order valence-corrected chi connectivity index (χ1v) is 6.12. The first-order valence-electron chi connectivity index (χ1n) is 6.12. The molecule has 0 saturated heterocycles. The van der Waals surface area contributed by atoms with Gasteiger partial charge in [0, 0.05) is 6.54 Å². The normalized spacial score (nSPS) is 11.3. The second kappa shape index (κ2) is 5.40. The zero-order valence-electron chi connectivity index (χ0n) is 11.3. The van der Waals surface area contributed by atoms with Crippen molar-refractivity contribution < 1.29 is 0 Å². The minimum absolute atomic E-state index is 0.152. The Balaban J connectivity index is 2.34. The highest BCUT2D eigenvalue weighted by Crippen LogP contribution is 2.20. The molecule has 1 aromatic carbocycles. The zero-order chi connectivity index (χ0) is 14.7. The second-order valence-corrected chi connectivity index (χ2v) is 4.20. The molecule has 0 atom stereocenters. The lowest BCUT2D eigenvalue weighted by molar-refractivity contribution is 0.753. The van der Waals surface area contributed by atoms with Crippen LogP contribution in [0.2, 0.25) is 0 Å². The predicted octanol–water partition coefficient (Wildman–Crippen LogP) is 1.59.